The van der Waals surface area contributed by atoms with Crippen molar-refractivity contribution < 1.29 is 0 Å². The quantitative estimate of drug-likeness (QED) is 0.131. The second-order valence-corrected chi connectivity index (χ2v) is 13.9. The van der Waals surface area contributed by atoms with Gasteiger partial charge in [-0.3, -0.25) is 0 Å². The third-order valence-corrected chi connectivity index (χ3v) is 11.1. The zero-order valence-corrected chi connectivity index (χ0v) is 28.5. The van der Waals surface area contributed by atoms with Gasteiger partial charge in [-0.05, 0) is 115 Å². The van der Waals surface area contributed by atoms with Crippen molar-refractivity contribution in [1.82, 2.24) is 0 Å². The van der Waals surface area contributed by atoms with Gasteiger partial charge < -0.3 is 0 Å². The van der Waals surface area contributed by atoms with Crippen LogP contribution in [0.1, 0.15) is 0 Å². The molecular weight excluding hydrogens is 625 g/mol. The molecule has 0 heteroatoms. The lowest BCUT2D eigenvalue weighted by Crippen LogP contribution is -1.97. The lowest BCUT2D eigenvalue weighted by molar-refractivity contribution is 1.63. The van der Waals surface area contributed by atoms with Gasteiger partial charge in [-0.25, -0.2) is 0 Å². The molecule has 0 aliphatic heterocycles. The maximum absolute atomic E-state index is 2.55. The van der Waals surface area contributed by atoms with Crippen LogP contribution in [0.4, 0.5) is 0 Å². The lowest BCUT2D eigenvalue weighted by atomic mass is 9.78. The Hall–Kier alpha value is -6.76. The van der Waals surface area contributed by atoms with Crippen molar-refractivity contribution in [2.45, 2.75) is 0 Å². The van der Waals surface area contributed by atoms with Crippen LogP contribution in [0.5, 0.6) is 0 Å². The first kappa shape index (κ1) is 29.0. The van der Waals surface area contributed by atoms with Crippen LogP contribution in [-0.4, -0.2) is 0 Å². The molecule has 0 bridgehead atoms. The highest BCUT2D eigenvalue weighted by molar-refractivity contribution is 6.41. The Balaban J connectivity index is 1.50. The van der Waals surface area contributed by atoms with Gasteiger partial charge in [0, 0.05) is 0 Å². The summed E-state index contributed by atoms with van der Waals surface area (Å²) in [5.74, 6) is 0. The zero-order chi connectivity index (χ0) is 34.2. The first-order valence-corrected chi connectivity index (χ1v) is 18.1. The van der Waals surface area contributed by atoms with Gasteiger partial charge in [0.1, 0.15) is 0 Å². The smallest absolute Gasteiger partial charge is 0.00132 e. The average Bonchev–Trinajstić information content (AvgIpc) is 3.22. The summed E-state index contributed by atoms with van der Waals surface area (Å²) in [6.07, 6.45) is 0. The fourth-order valence-electron chi connectivity index (χ4n) is 9.08. The molecule has 0 aliphatic rings. The Morgan fingerprint density at radius 3 is 1.12 bits per heavy atom. The van der Waals surface area contributed by atoms with E-state index >= 15 is 0 Å². The van der Waals surface area contributed by atoms with Crippen LogP contribution in [0.3, 0.4) is 0 Å². The maximum Gasteiger partial charge on any atom is -0.00132 e. The summed E-state index contributed by atoms with van der Waals surface area (Å²) in [4.78, 5) is 0. The standard InChI is InChI=1S/C52H32/c1-5-17-34(18-6-1)45-40-27-15-25-38-29-31-42-51(47(38)40)43(48(45)36-21-9-3-10-22-36)32-44-49(37-23-11-4-12-24-37)46(35-19-7-2-8-20-35)41-30-28-33-16-13-14-26-39(33)50(41)52(42)44/h1-32H. The molecule has 0 N–H and O–H groups in total. The van der Waals surface area contributed by atoms with Crippen molar-refractivity contribution in [3.8, 4) is 44.5 Å². The van der Waals surface area contributed by atoms with Gasteiger partial charge in [0.15, 0.2) is 0 Å². The van der Waals surface area contributed by atoms with E-state index in [0.29, 0.717) is 0 Å². The van der Waals surface area contributed by atoms with Crippen LogP contribution < -0.4 is 0 Å². The van der Waals surface area contributed by atoms with Crippen molar-refractivity contribution in [3.63, 3.8) is 0 Å². The fourth-order valence-corrected chi connectivity index (χ4v) is 9.08. The molecule has 0 amide bonds. The van der Waals surface area contributed by atoms with Crippen molar-refractivity contribution in [2.24, 2.45) is 0 Å². The summed E-state index contributed by atoms with van der Waals surface area (Å²) in [6.45, 7) is 0. The SMILES string of the molecule is c1ccc(-c2c(-c3ccccc3)c3cc4c(-c5ccccc5)c(-c5ccccc5)c5ccc6ccccc6c5c4c4ccc5cccc2c5c34)cc1. The van der Waals surface area contributed by atoms with Crippen LogP contribution in [0.25, 0.3) is 109 Å². The summed E-state index contributed by atoms with van der Waals surface area (Å²) >= 11 is 0. The first-order chi connectivity index (χ1) is 25.8. The molecule has 0 unspecified atom stereocenters. The predicted molar refractivity (Wildman–Crippen MR) is 224 cm³/mol. The lowest BCUT2D eigenvalue weighted by Gasteiger charge is -2.25. The molecule has 0 atom stereocenters. The summed E-state index contributed by atoms with van der Waals surface area (Å²) < 4.78 is 0. The summed E-state index contributed by atoms with van der Waals surface area (Å²) in [5, 5.41) is 15.5. The van der Waals surface area contributed by atoms with Gasteiger partial charge in [-0.15, -0.1) is 0 Å². The van der Waals surface area contributed by atoms with E-state index in [4.69, 9.17) is 0 Å². The molecule has 0 saturated carbocycles. The molecule has 0 aliphatic carbocycles. The molecule has 0 nitrogen and oxygen atoms in total. The molecule has 11 aromatic carbocycles. The normalized spacial score (nSPS) is 11.8. The Morgan fingerprint density at radius 1 is 0.192 bits per heavy atom. The van der Waals surface area contributed by atoms with Crippen LogP contribution in [0, 0.1) is 0 Å². The minimum absolute atomic E-state index is 1.22. The highest BCUT2D eigenvalue weighted by Gasteiger charge is 2.26. The second kappa shape index (κ2) is 11.4. The van der Waals surface area contributed by atoms with E-state index in [1.807, 2.05) is 0 Å². The van der Waals surface area contributed by atoms with E-state index in [1.165, 1.54) is 109 Å². The van der Waals surface area contributed by atoms with Crippen molar-refractivity contribution in [3.05, 3.63) is 194 Å². The molecule has 0 fully saturated rings. The van der Waals surface area contributed by atoms with Crippen LogP contribution in [-0.2, 0) is 0 Å². The van der Waals surface area contributed by atoms with Gasteiger partial charge in [0.25, 0.3) is 0 Å². The van der Waals surface area contributed by atoms with Crippen LogP contribution >= 0.6 is 0 Å². The van der Waals surface area contributed by atoms with Crippen molar-refractivity contribution >= 4 is 64.6 Å². The van der Waals surface area contributed by atoms with E-state index in [0.717, 1.165) is 0 Å². The van der Waals surface area contributed by atoms with E-state index in [-0.39, 0.29) is 0 Å². The molecule has 52 heavy (non-hydrogen) atoms. The molecule has 0 heterocycles. The van der Waals surface area contributed by atoms with Gasteiger partial charge in [-0.2, -0.15) is 0 Å². The van der Waals surface area contributed by atoms with Gasteiger partial charge in [0.05, 0.1) is 0 Å². The summed E-state index contributed by atoms with van der Waals surface area (Å²) in [7, 11) is 0. The van der Waals surface area contributed by atoms with Gasteiger partial charge in [-0.1, -0.05) is 188 Å². The molecular formula is C52H32. The molecule has 11 aromatic rings. The van der Waals surface area contributed by atoms with E-state index in [9.17, 15) is 0 Å². The van der Waals surface area contributed by atoms with Crippen molar-refractivity contribution in [1.29, 1.82) is 0 Å². The maximum atomic E-state index is 2.55. The minimum atomic E-state index is 1.22. The monoisotopic (exact) mass is 656 g/mol. The van der Waals surface area contributed by atoms with E-state index in [1.54, 1.807) is 0 Å². The molecule has 0 spiro atoms. The zero-order valence-electron chi connectivity index (χ0n) is 28.5. The third kappa shape index (κ3) is 4.16. The van der Waals surface area contributed by atoms with Gasteiger partial charge in [0.2, 0.25) is 0 Å². The Labute approximate surface area is 302 Å². The highest BCUT2D eigenvalue weighted by Crippen LogP contribution is 2.54. The molecule has 0 radical (unpaired) electrons. The predicted octanol–water partition coefficient (Wildman–Crippen LogP) is 14.7. The molecule has 11 rings (SSSR count). The fraction of sp³-hybridized carbons (Fsp3) is 0. The number of rotatable bonds is 4. The minimum Gasteiger partial charge on any atom is -0.0622 e. The van der Waals surface area contributed by atoms with Crippen LogP contribution in [0.15, 0.2) is 194 Å². The summed E-state index contributed by atoms with van der Waals surface area (Å²) in [6, 6.07) is 71.8. The Bertz CT molecular complexity index is 3120. The van der Waals surface area contributed by atoms with E-state index in [2.05, 4.69) is 194 Å². The van der Waals surface area contributed by atoms with Crippen molar-refractivity contribution in [2.75, 3.05) is 0 Å². The third-order valence-electron chi connectivity index (χ3n) is 11.1. The summed E-state index contributed by atoms with van der Waals surface area (Å²) in [5.41, 5.74) is 10.0. The molecule has 0 aromatic heterocycles. The van der Waals surface area contributed by atoms with Gasteiger partial charge >= 0.3 is 0 Å². The first-order valence-electron chi connectivity index (χ1n) is 18.1. The van der Waals surface area contributed by atoms with E-state index < -0.39 is 0 Å². The Kier molecular flexibility index (Phi) is 6.35. The largest absolute Gasteiger partial charge is 0.0622 e. The highest BCUT2D eigenvalue weighted by atomic mass is 14.3. The topological polar surface area (TPSA) is 0 Å². The number of hydrogen-bond donors (Lipinski definition) is 0. The number of fused-ring (bicyclic) bond motifs is 6. The number of benzene rings is 11. The Morgan fingerprint density at radius 2 is 0.558 bits per heavy atom. The molecule has 0 saturated heterocycles. The second-order valence-electron chi connectivity index (χ2n) is 13.9. The number of hydrogen-bond acceptors (Lipinski definition) is 0. The average molecular weight is 657 g/mol. The van der Waals surface area contributed by atoms with Crippen LogP contribution in [0.2, 0.25) is 0 Å². The molecule has 240 valence electrons.